The fraction of sp³-hybridized carbons (Fsp3) is 0.364. The van der Waals surface area contributed by atoms with Gasteiger partial charge in [0.15, 0.2) is 0 Å². The van der Waals surface area contributed by atoms with Crippen molar-refractivity contribution in [1.82, 2.24) is 9.80 Å². The molecular weight excluding hydrogens is 388 g/mol. The van der Waals surface area contributed by atoms with Crippen LogP contribution in [0.2, 0.25) is 5.02 Å². The van der Waals surface area contributed by atoms with Crippen molar-refractivity contribution >= 4 is 23.2 Å². The van der Waals surface area contributed by atoms with Crippen molar-refractivity contribution in [2.24, 2.45) is 0 Å². The first-order valence-electron chi connectivity index (χ1n) is 9.56. The first-order valence-corrected chi connectivity index (χ1v) is 9.94. The summed E-state index contributed by atoms with van der Waals surface area (Å²) in [7, 11) is 1.70. The maximum absolute atomic E-state index is 12.4. The molecule has 0 aromatic heterocycles. The zero-order valence-corrected chi connectivity index (χ0v) is 17.5. The van der Waals surface area contributed by atoms with Crippen molar-refractivity contribution in [3.8, 4) is 11.8 Å². The Balaban J connectivity index is 1.51. The molecular formula is C22H25ClN4O2. The lowest BCUT2D eigenvalue weighted by molar-refractivity contribution is -0.117. The summed E-state index contributed by atoms with van der Waals surface area (Å²) in [5.74, 6) is 0.768. The summed E-state index contributed by atoms with van der Waals surface area (Å²) in [5, 5.41) is 12.5. The van der Waals surface area contributed by atoms with Gasteiger partial charge in [-0.1, -0.05) is 29.3 Å². The smallest absolute Gasteiger partial charge is 0.238 e. The Morgan fingerprint density at radius 2 is 1.90 bits per heavy atom. The van der Waals surface area contributed by atoms with Gasteiger partial charge in [0.1, 0.15) is 11.8 Å². The van der Waals surface area contributed by atoms with Gasteiger partial charge in [-0.2, -0.15) is 5.26 Å². The molecule has 1 N–H and O–H groups in total. The van der Waals surface area contributed by atoms with E-state index < -0.39 is 0 Å². The molecule has 1 heterocycles. The van der Waals surface area contributed by atoms with Gasteiger partial charge in [-0.3, -0.25) is 14.6 Å². The summed E-state index contributed by atoms with van der Waals surface area (Å²) >= 11 is 5.98. The van der Waals surface area contributed by atoms with E-state index in [-0.39, 0.29) is 5.91 Å². The predicted octanol–water partition coefficient (Wildman–Crippen LogP) is 3.29. The molecule has 1 aliphatic rings. The van der Waals surface area contributed by atoms with Gasteiger partial charge in [-0.05, 0) is 31.2 Å². The van der Waals surface area contributed by atoms with Crippen LogP contribution in [0.4, 0.5) is 5.69 Å². The third-order valence-electron chi connectivity index (χ3n) is 5.04. The number of hydrogen-bond donors (Lipinski definition) is 1. The number of anilines is 1. The maximum atomic E-state index is 12.4. The molecule has 1 saturated heterocycles. The molecule has 1 aliphatic heterocycles. The average molecular weight is 413 g/mol. The number of benzene rings is 2. The summed E-state index contributed by atoms with van der Waals surface area (Å²) in [6, 6.07) is 13.1. The molecule has 7 heteroatoms. The van der Waals surface area contributed by atoms with Gasteiger partial charge in [-0.25, -0.2) is 0 Å². The van der Waals surface area contributed by atoms with E-state index >= 15 is 0 Å². The number of aryl methyl sites for hydroxylation is 1. The van der Waals surface area contributed by atoms with E-state index in [4.69, 9.17) is 16.3 Å². The third kappa shape index (κ3) is 5.70. The second-order valence-corrected chi connectivity index (χ2v) is 7.65. The molecule has 0 radical (unpaired) electrons. The highest BCUT2D eigenvalue weighted by molar-refractivity contribution is 6.31. The molecule has 0 aliphatic carbocycles. The molecule has 29 heavy (non-hydrogen) atoms. The lowest BCUT2D eigenvalue weighted by atomic mass is 10.1. The van der Waals surface area contributed by atoms with Crippen LogP contribution in [-0.4, -0.2) is 55.5 Å². The normalized spacial score (nSPS) is 15.0. The number of carbonyl (C=O) groups excluding carboxylic acids is 1. The minimum atomic E-state index is -0.141. The third-order valence-corrected chi connectivity index (χ3v) is 5.27. The van der Waals surface area contributed by atoms with E-state index in [1.54, 1.807) is 25.3 Å². The van der Waals surface area contributed by atoms with Crippen LogP contribution in [0, 0.1) is 18.3 Å². The fourth-order valence-electron chi connectivity index (χ4n) is 3.49. The number of carbonyl (C=O) groups is 1. The van der Waals surface area contributed by atoms with Crippen LogP contribution >= 0.6 is 11.6 Å². The largest absolute Gasteiger partial charge is 0.496 e. The number of hydrogen-bond acceptors (Lipinski definition) is 5. The van der Waals surface area contributed by atoms with Crippen molar-refractivity contribution in [3.63, 3.8) is 0 Å². The maximum Gasteiger partial charge on any atom is 0.238 e. The second kappa shape index (κ2) is 9.75. The molecule has 2 aromatic rings. The van der Waals surface area contributed by atoms with E-state index in [1.165, 1.54) is 11.1 Å². The Hall–Kier alpha value is -2.59. The molecule has 0 bridgehead atoms. The highest BCUT2D eigenvalue weighted by Gasteiger charge is 2.20. The van der Waals surface area contributed by atoms with Crippen LogP contribution in [0.5, 0.6) is 5.75 Å². The number of ether oxygens (including phenoxy) is 1. The number of amides is 1. The molecule has 0 saturated carbocycles. The van der Waals surface area contributed by atoms with Crippen molar-refractivity contribution in [3.05, 3.63) is 58.1 Å². The van der Waals surface area contributed by atoms with Gasteiger partial charge in [-0.15, -0.1) is 0 Å². The predicted molar refractivity (Wildman–Crippen MR) is 114 cm³/mol. The standard InChI is InChI=1S/C22H25ClN4O2/c1-16-3-6-21(29-2)18(11-16)14-26-7-9-27(10-8-26)15-22(28)25-20-12-19(23)5-4-17(20)13-24/h3-6,11-12H,7-10,14-15H2,1-2H3,(H,25,28). The van der Waals surface area contributed by atoms with Gasteiger partial charge in [0.2, 0.25) is 5.91 Å². The Morgan fingerprint density at radius 3 is 2.59 bits per heavy atom. The van der Waals surface area contributed by atoms with Crippen LogP contribution in [0.3, 0.4) is 0 Å². The van der Waals surface area contributed by atoms with Crippen LogP contribution in [0.15, 0.2) is 36.4 Å². The van der Waals surface area contributed by atoms with Crippen LogP contribution < -0.4 is 10.1 Å². The summed E-state index contributed by atoms with van der Waals surface area (Å²) < 4.78 is 5.48. The van der Waals surface area contributed by atoms with E-state index in [0.29, 0.717) is 22.8 Å². The molecule has 1 fully saturated rings. The van der Waals surface area contributed by atoms with Crippen LogP contribution in [0.1, 0.15) is 16.7 Å². The first-order chi connectivity index (χ1) is 14.0. The van der Waals surface area contributed by atoms with Crippen LogP contribution in [0.25, 0.3) is 0 Å². The van der Waals surface area contributed by atoms with Crippen molar-refractivity contribution in [2.75, 3.05) is 45.2 Å². The monoisotopic (exact) mass is 412 g/mol. The highest BCUT2D eigenvalue weighted by atomic mass is 35.5. The highest BCUT2D eigenvalue weighted by Crippen LogP contribution is 2.22. The Morgan fingerprint density at radius 1 is 1.17 bits per heavy atom. The van der Waals surface area contributed by atoms with E-state index in [0.717, 1.165) is 38.5 Å². The minimum absolute atomic E-state index is 0.141. The van der Waals surface area contributed by atoms with Crippen molar-refractivity contribution < 1.29 is 9.53 Å². The minimum Gasteiger partial charge on any atom is -0.496 e. The Kier molecular flexibility index (Phi) is 7.10. The summed E-state index contributed by atoms with van der Waals surface area (Å²) in [5.41, 5.74) is 3.26. The molecule has 0 spiro atoms. The quantitative estimate of drug-likeness (QED) is 0.788. The number of rotatable bonds is 6. The number of nitrogens with one attached hydrogen (secondary N) is 1. The summed E-state index contributed by atoms with van der Waals surface area (Å²) in [6.07, 6.45) is 0. The van der Waals surface area contributed by atoms with E-state index in [9.17, 15) is 10.1 Å². The van der Waals surface area contributed by atoms with Crippen molar-refractivity contribution in [1.29, 1.82) is 5.26 Å². The van der Waals surface area contributed by atoms with Gasteiger partial charge >= 0.3 is 0 Å². The summed E-state index contributed by atoms with van der Waals surface area (Å²) in [4.78, 5) is 16.9. The number of nitriles is 1. The van der Waals surface area contributed by atoms with Crippen molar-refractivity contribution in [2.45, 2.75) is 13.5 Å². The molecule has 3 rings (SSSR count). The topological polar surface area (TPSA) is 68.6 Å². The van der Waals surface area contributed by atoms with E-state index in [1.807, 2.05) is 6.07 Å². The molecule has 1 amide bonds. The molecule has 152 valence electrons. The number of methoxy groups -OCH3 is 1. The molecule has 0 unspecified atom stereocenters. The fourth-order valence-corrected chi connectivity index (χ4v) is 3.66. The molecule has 6 nitrogen and oxygen atoms in total. The van der Waals surface area contributed by atoms with Gasteiger partial charge < -0.3 is 10.1 Å². The molecule has 2 aromatic carbocycles. The van der Waals surface area contributed by atoms with Gasteiger partial charge in [0, 0.05) is 43.3 Å². The number of piperazine rings is 1. The Labute approximate surface area is 176 Å². The average Bonchev–Trinajstić information content (AvgIpc) is 2.70. The summed E-state index contributed by atoms with van der Waals surface area (Å²) in [6.45, 7) is 6.58. The van der Waals surface area contributed by atoms with Gasteiger partial charge in [0.25, 0.3) is 0 Å². The van der Waals surface area contributed by atoms with Crippen LogP contribution in [-0.2, 0) is 11.3 Å². The van der Waals surface area contributed by atoms with Gasteiger partial charge in [0.05, 0.1) is 24.9 Å². The SMILES string of the molecule is COc1ccc(C)cc1CN1CCN(CC(=O)Nc2cc(Cl)ccc2C#N)CC1. The number of halogens is 1. The van der Waals surface area contributed by atoms with E-state index in [2.05, 4.69) is 40.2 Å². The number of nitrogens with zero attached hydrogens (tertiary/aromatic N) is 3. The first kappa shape index (κ1) is 21.1. The second-order valence-electron chi connectivity index (χ2n) is 7.22. The lowest BCUT2D eigenvalue weighted by Gasteiger charge is -2.34. The zero-order valence-electron chi connectivity index (χ0n) is 16.7. The molecule has 0 atom stereocenters. The Bertz CT molecular complexity index is 918. The lowest BCUT2D eigenvalue weighted by Crippen LogP contribution is -2.48. The zero-order chi connectivity index (χ0) is 20.8.